The standard InChI is InChI=1S/C21H16F3NO2/c22-13-3-1-11(2-4-13)12-7-18-21(19(26)8-12)16(10-20(27)25-18)15-6-5-14(23)9-17(15)24/h1-6,9,12,16H,7-8,10H2,(H,25,27). The van der Waals surface area contributed by atoms with E-state index in [0.29, 0.717) is 17.7 Å². The maximum Gasteiger partial charge on any atom is 0.225 e. The number of nitrogens with one attached hydrogen (secondary N) is 1. The van der Waals surface area contributed by atoms with E-state index < -0.39 is 17.6 Å². The smallest absolute Gasteiger partial charge is 0.225 e. The van der Waals surface area contributed by atoms with Crippen molar-refractivity contribution in [2.24, 2.45) is 0 Å². The van der Waals surface area contributed by atoms with Crippen molar-refractivity contribution < 1.29 is 22.8 Å². The molecule has 1 N–H and O–H groups in total. The van der Waals surface area contributed by atoms with E-state index in [1.54, 1.807) is 12.1 Å². The van der Waals surface area contributed by atoms with Gasteiger partial charge in [-0.3, -0.25) is 9.59 Å². The molecule has 1 aliphatic carbocycles. The molecule has 0 saturated carbocycles. The van der Waals surface area contributed by atoms with Gasteiger partial charge in [-0.15, -0.1) is 0 Å². The second-order valence-corrected chi connectivity index (χ2v) is 6.94. The summed E-state index contributed by atoms with van der Waals surface area (Å²) in [6.45, 7) is 0. The quantitative estimate of drug-likeness (QED) is 0.864. The van der Waals surface area contributed by atoms with E-state index in [1.165, 1.54) is 18.2 Å². The summed E-state index contributed by atoms with van der Waals surface area (Å²) in [5, 5.41) is 2.74. The molecule has 6 heteroatoms. The first-order chi connectivity index (χ1) is 12.9. The van der Waals surface area contributed by atoms with Crippen molar-refractivity contribution in [3.05, 3.63) is 82.3 Å². The summed E-state index contributed by atoms with van der Waals surface area (Å²) < 4.78 is 40.7. The van der Waals surface area contributed by atoms with E-state index >= 15 is 0 Å². The van der Waals surface area contributed by atoms with Crippen LogP contribution in [-0.2, 0) is 9.59 Å². The number of carbonyl (C=O) groups excluding carboxylic acids is 2. The highest BCUT2D eigenvalue weighted by atomic mass is 19.1. The van der Waals surface area contributed by atoms with Gasteiger partial charge in [0.15, 0.2) is 5.78 Å². The first-order valence-electron chi connectivity index (χ1n) is 8.69. The van der Waals surface area contributed by atoms with Crippen LogP contribution in [0.3, 0.4) is 0 Å². The van der Waals surface area contributed by atoms with Crippen LogP contribution in [0.2, 0.25) is 0 Å². The Morgan fingerprint density at radius 2 is 1.56 bits per heavy atom. The molecule has 0 aromatic heterocycles. The van der Waals surface area contributed by atoms with Gasteiger partial charge in [0.1, 0.15) is 17.5 Å². The third kappa shape index (κ3) is 3.27. The predicted molar refractivity (Wildman–Crippen MR) is 92.3 cm³/mol. The van der Waals surface area contributed by atoms with Gasteiger partial charge < -0.3 is 5.32 Å². The molecule has 0 saturated heterocycles. The molecule has 0 fully saturated rings. The first kappa shape index (κ1) is 17.5. The number of allylic oxidation sites excluding steroid dienone is 2. The van der Waals surface area contributed by atoms with E-state index in [-0.39, 0.29) is 41.8 Å². The topological polar surface area (TPSA) is 46.2 Å². The van der Waals surface area contributed by atoms with E-state index in [1.807, 2.05) is 0 Å². The van der Waals surface area contributed by atoms with Gasteiger partial charge in [0.05, 0.1) is 0 Å². The molecule has 0 spiro atoms. The molecule has 27 heavy (non-hydrogen) atoms. The summed E-state index contributed by atoms with van der Waals surface area (Å²) in [5.74, 6) is -3.25. The molecule has 4 rings (SSSR count). The summed E-state index contributed by atoms with van der Waals surface area (Å²) in [6, 6.07) is 9.09. The second-order valence-electron chi connectivity index (χ2n) is 6.94. The minimum absolute atomic E-state index is 0.0612. The molecule has 2 unspecified atom stereocenters. The lowest BCUT2D eigenvalue weighted by Gasteiger charge is -2.34. The fourth-order valence-electron chi connectivity index (χ4n) is 3.98. The van der Waals surface area contributed by atoms with E-state index in [4.69, 9.17) is 0 Å². The maximum atomic E-state index is 14.3. The highest BCUT2D eigenvalue weighted by Crippen LogP contribution is 2.43. The Balaban J connectivity index is 1.73. The van der Waals surface area contributed by atoms with Crippen molar-refractivity contribution in [3.8, 4) is 0 Å². The van der Waals surface area contributed by atoms with Gasteiger partial charge in [-0.2, -0.15) is 0 Å². The monoisotopic (exact) mass is 371 g/mol. The second kappa shape index (κ2) is 6.68. The Kier molecular flexibility index (Phi) is 4.34. The van der Waals surface area contributed by atoms with Crippen molar-refractivity contribution in [1.82, 2.24) is 5.32 Å². The number of ketones is 1. The van der Waals surface area contributed by atoms with Gasteiger partial charge in [-0.1, -0.05) is 18.2 Å². The lowest BCUT2D eigenvalue weighted by atomic mass is 9.73. The van der Waals surface area contributed by atoms with Gasteiger partial charge in [-0.25, -0.2) is 13.2 Å². The number of hydrogen-bond donors (Lipinski definition) is 1. The maximum absolute atomic E-state index is 14.3. The Bertz CT molecular complexity index is 966. The zero-order chi connectivity index (χ0) is 19.1. The average molecular weight is 371 g/mol. The predicted octanol–water partition coefficient (Wildman–Crippen LogP) is 4.11. The fraction of sp³-hybridized carbons (Fsp3) is 0.238. The molecular weight excluding hydrogens is 355 g/mol. The number of hydrogen-bond acceptors (Lipinski definition) is 2. The lowest BCUT2D eigenvalue weighted by molar-refractivity contribution is -0.122. The molecule has 2 aliphatic rings. The molecule has 2 aromatic rings. The van der Waals surface area contributed by atoms with Crippen LogP contribution in [0.25, 0.3) is 0 Å². The van der Waals surface area contributed by atoms with Crippen LogP contribution in [0.15, 0.2) is 53.7 Å². The number of benzene rings is 2. The molecule has 1 heterocycles. The van der Waals surface area contributed by atoms with Crippen LogP contribution in [0.4, 0.5) is 13.2 Å². The molecule has 0 bridgehead atoms. The van der Waals surface area contributed by atoms with Crippen LogP contribution in [0.1, 0.15) is 42.2 Å². The minimum atomic E-state index is -0.769. The number of Topliss-reactive ketones (excluding diaryl/α,β-unsaturated/α-hetero) is 1. The van der Waals surface area contributed by atoms with Crippen molar-refractivity contribution >= 4 is 11.7 Å². The lowest BCUT2D eigenvalue weighted by Crippen LogP contribution is -2.38. The molecule has 138 valence electrons. The normalized spacial score (nSPS) is 22.5. The van der Waals surface area contributed by atoms with Gasteiger partial charge in [0.2, 0.25) is 5.91 Å². The summed E-state index contributed by atoms with van der Waals surface area (Å²) in [6.07, 6.45) is 0.533. The summed E-state index contributed by atoms with van der Waals surface area (Å²) in [7, 11) is 0. The van der Waals surface area contributed by atoms with Gasteiger partial charge >= 0.3 is 0 Å². The molecule has 2 aromatic carbocycles. The number of carbonyl (C=O) groups is 2. The zero-order valence-electron chi connectivity index (χ0n) is 14.3. The number of rotatable bonds is 2. The molecule has 1 amide bonds. The van der Waals surface area contributed by atoms with E-state index in [0.717, 1.165) is 17.7 Å². The highest BCUT2D eigenvalue weighted by molar-refractivity contribution is 6.02. The Labute approximate surface area is 153 Å². The van der Waals surface area contributed by atoms with E-state index in [2.05, 4.69) is 5.32 Å². The van der Waals surface area contributed by atoms with Crippen LogP contribution >= 0.6 is 0 Å². The highest BCUT2D eigenvalue weighted by Gasteiger charge is 2.39. The molecule has 2 atom stereocenters. The van der Waals surface area contributed by atoms with Crippen LogP contribution in [0.5, 0.6) is 0 Å². The third-order valence-electron chi connectivity index (χ3n) is 5.22. The van der Waals surface area contributed by atoms with Gasteiger partial charge in [-0.05, 0) is 41.7 Å². The van der Waals surface area contributed by atoms with E-state index in [9.17, 15) is 22.8 Å². The first-order valence-corrected chi connectivity index (χ1v) is 8.69. The summed E-state index contributed by atoms with van der Waals surface area (Å²) in [5.41, 5.74) is 1.82. The van der Waals surface area contributed by atoms with Gasteiger partial charge in [0, 0.05) is 36.1 Å². The van der Waals surface area contributed by atoms with Crippen LogP contribution < -0.4 is 5.32 Å². The number of amides is 1. The third-order valence-corrected chi connectivity index (χ3v) is 5.22. The van der Waals surface area contributed by atoms with Crippen LogP contribution in [-0.4, -0.2) is 11.7 Å². The van der Waals surface area contributed by atoms with Crippen molar-refractivity contribution in [2.45, 2.75) is 31.1 Å². The summed E-state index contributed by atoms with van der Waals surface area (Å²) >= 11 is 0. The largest absolute Gasteiger partial charge is 0.329 e. The average Bonchev–Trinajstić information content (AvgIpc) is 2.61. The Hall–Kier alpha value is -2.89. The SMILES string of the molecule is O=C1CC(c2ccc(F)cc2F)C2=C(CC(c3ccc(F)cc3)CC2=O)N1. The Morgan fingerprint density at radius 3 is 2.26 bits per heavy atom. The number of halogens is 3. The zero-order valence-corrected chi connectivity index (χ0v) is 14.3. The minimum Gasteiger partial charge on any atom is -0.329 e. The molecule has 0 radical (unpaired) electrons. The van der Waals surface area contributed by atoms with Gasteiger partial charge in [0.25, 0.3) is 0 Å². The van der Waals surface area contributed by atoms with Crippen molar-refractivity contribution in [3.63, 3.8) is 0 Å². The molecular formula is C21H16F3NO2. The summed E-state index contributed by atoms with van der Waals surface area (Å²) in [4.78, 5) is 25.0. The molecule has 3 nitrogen and oxygen atoms in total. The van der Waals surface area contributed by atoms with Crippen molar-refractivity contribution in [2.75, 3.05) is 0 Å². The van der Waals surface area contributed by atoms with Crippen LogP contribution in [0, 0.1) is 17.5 Å². The Morgan fingerprint density at radius 1 is 0.852 bits per heavy atom. The molecule has 1 aliphatic heterocycles. The fourth-order valence-corrected chi connectivity index (χ4v) is 3.98. The van der Waals surface area contributed by atoms with Crippen molar-refractivity contribution in [1.29, 1.82) is 0 Å².